The molecule has 0 amide bonds. The Morgan fingerprint density at radius 2 is 2.09 bits per heavy atom. The van der Waals surface area contributed by atoms with Crippen LogP contribution in [-0.2, 0) is 0 Å². The van der Waals surface area contributed by atoms with Gasteiger partial charge in [0.2, 0.25) is 5.95 Å². The molecular formula is C4H5N5O2. The van der Waals surface area contributed by atoms with E-state index in [2.05, 4.69) is 15.4 Å². The maximum absolute atomic E-state index is 10.1. The molecule has 0 bridgehead atoms. The number of nitrogens with zero attached hydrogens (tertiary/aromatic N) is 3. The predicted octanol–water partition coefficient (Wildman–Crippen LogP) is -0.330. The monoisotopic (exact) mass is 155 g/mol. The van der Waals surface area contributed by atoms with Crippen molar-refractivity contribution >= 4 is 11.6 Å². The van der Waals surface area contributed by atoms with Crippen molar-refractivity contribution in [3.63, 3.8) is 0 Å². The SMILES string of the molecule is NNc1ncc([N+](=O)[O-])cn1. The summed E-state index contributed by atoms with van der Waals surface area (Å²) >= 11 is 0. The topological polar surface area (TPSA) is 107 Å². The largest absolute Gasteiger partial charge is 0.305 e. The molecular weight excluding hydrogens is 150 g/mol. The lowest BCUT2D eigenvalue weighted by Crippen LogP contribution is -2.10. The molecule has 0 saturated heterocycles. The van der Waals surface area contributed by atoms with Crippen LogP contribution < -0.4 is 11.3 Å². The molecule has 7 heteroatoms. The minimum atomic E-state index is -0.583. The highest BCUT2D eigenvalue weighted by Gasteiger charge is 2.04. The summed E-state index contributed by atoms with van der Waals surface area (Å²) in [5.74, 6) is 5.08. The number of rotatable bonds is 2. The van der Waals surface area contributed by atoms with Crippen molar-refractivity contribution in [3.05, 3.63) is 22.5 Å². The minimum absolute atomic E-state index is 0.149. The fourth-order valence-electron chi connectivity index (χ4n) is 0.490. The summed E-state index contributed by atoms with van der Waals surface area (Å²) in [6.07, 6.45) is 2.14. The first kappa shape index (κ1) is 7.35. The van der Waals surface area contributed by atoms with E-state index in [0.717, 1.165) is 12.4 Å². The van der Waals surface area contributed by atoms with Crippen molar-refractivity contribution in [2.24, 2.45) is 5.84 Å². The number of nitrogens with two attached hydrogens (primary N) is 1. The first-order valence-corrected chi connectivity index (χ1v) is 2.67. The van der Waals surface area contributed by atoms with Crippen LogP contribution in [0.15, 0.2) is 12.4 Å². The van der Waals surface area contributed by atoms with Gasteiger partial charge in [-0.15, -0.1) is 0 Å². The highest BCUT2D eigenvalue weighted by molar-refractivity contribution is 5.29. The van der Waals surface area contributed by atoms with Crippen LogP contribution in [0.3, 0.4) is 0 Å². The highest BCUT2D eigenvalue weighted by atomic mass is 16.6. The third kappa shape index (κ3) is 1.58. The van der Waals surface area contributed by atoms with Gasteiger partial charge < -0.3 is 0 Å². The summed E-state index contributed by atoms with van der Waals surface area (Å²) in [5.41, 5.74) is 1.99. The number of hydrazine groups is 1. The van der Waals surface area contributed by atoms with Gasteiger partial charge in [0.1, 0.15) is 12.4 Å². The van der Waals surface area contributed by atoms with Gasteiger partial charge in [-0.1, -0.05) is 0 Å². The number of nitrogen functional groups attached to an aromatic ring is 1. The third-order valence-corrected chi connectivity index (χ3v) is 0.978. The lowest BCUT2D eigenvalue weighted by Gasteiger charge is -1.94. The zero-order valence-electron chi connectivity index (χ0n) is 5.39. The van der Waals surface area contributed by atoms with E-state index < -0.39 is 4.92 Å². The number of aromatic nitrogens is 2. The standard InChI is InChI=1S/C4H5N5O2/c5-8-4-6-1-3(2-7-4)9(10)11/h1-2H,5H2,(H,6,7,8). The highest BCUT2D eigenvalue weighted by Crippen LogP contribution is 2.06. The number of anilines is 1. The average molecular weight is 155 g/mol. The average Bonchev–Trinajstić information content (AvgIpc) is 2.05. The minimum Gasteiger partial charge on any atom is -0.292 e. The molecule has 0 fully saturated rings. The molecule has 0 atom stereocenters. The van der Waals surface area contributed by atoms with E-state index in [0.29, 0.717) is 0 Å². The quantitative estimate of drug-likeness (QED) is 0.344. The molecule has 0 aliphatic carbocycles. The van der Waals surface area contributed by atoms with E-state index in [9.17, 15) is 10.1 Å². The van der Waals surface area contributed by atoms with E-state index in [4.69, 9.17) is 5.84 Å². The molecule has 0 spiro atoms. The lowest BCUT2D eigenvalue weighted by atomic mass is 10.6. The van der Waals surface area contributed by atoms with Gasteiger partial charge in [-0.3, -0.25) is 15.5 Å². The van der Waals surface area contributed by atoms with Crippen LogP contribution in [0.4, 0.5) is 11.6 Å². The number of nitro groups is 1. The van der Waals surface area contributed by atoms with Crippen molar-refractivity contribution in [1.82, 2.24) is 9.97 Å². The fourth-order valence-corrected chi connectivity index (χ4v) is 0.490. The summed E-state index contributed by atoms with van der Waals surface area (Å²) in [7, 11) is 0. The molecule has 0 unspecified atom stereocenters. The second-order valence-corrected chi connectivity index (χ2v) is 1.67. The van der Waals surface area contributed by atoms with Crippen LogP contribution in [0.25, 0.3) is 0 Å². The Kier molecular flexibility index (Phi) is 1.93. The Balaban J connectivity index is 2.91. The summed E-state index contributed by atoms with van der Waals surface area (Å²) in [4.78, 5) is 16.6. The molecule has 0 saturated carbocycles. The van der Waals surface area contributed by atoms with Crippen molar-refractivity contribution in [2.75, 3.05) is 5.43 Å². The molecule has 1 aromatic rings. The third-order valence-electron chi connectivity index (χ3n) is 0.978. The summed E-state index contributed by atoms with van der Waals surface area (Å²) < 4.78 is 0. The second-order valence-electron chi connectivity index (χ2n) is 1.67. The summed E-state index contributed by atoms with van der Waals surface area (Å²) in [6.45, 7) is 0. The van der Waals surface area contributed by atoms with E-state index >= 15 is 0 Å². The maximum atomic E-state index is 10.1. The van der Waals surface area contributed by atoms with Gasteiger partial charge in [0.05, 0.1) is 4.92 Å². The predicted molar refractivity (Wildman–Crippen MR) is 36.5 cm³/mol. The number of hydrogen-bond donors (Lipinski definition) is 2. The van der Waals surface area contributed by atoms with Crippen molar-refractivity contribution in [2.45, 2.75) is 0 Å². The Labute approximate surface area is 61.4 Å². The van der Waals surface area contributed by atoms with E-state index in [1.807, 2.05) is 0 Å². The van der Waals surface area contributed by atoms with Gasteiger partial charge >= 0.3 is 5.69 Å². The molecule has 11 heavy (non-hydrogen) atoms. The zero-order chi connectivity index (χ0) is 8.27. The molecule has 0 aliphatic rings. The summed E-state index contributed by atoms with van der Waals surface area (Å²) in [6, 6.07) is 0. The van der Waals surface area contributed by atoms with Gasteiger partial charge in [0.25, 0.3) is 0 Å². The normalized spacial score (nSPS) is 9.18. The van der Waals surface area contributed by atoms with Crippen molar-refractivity contribution < 1.29 is 4.92 Å². The Morgan fingerprint density at radius 1 is 1.55 bits per heavy atom. The Bertz CT molecular complexity index is 258. The Morgan fingerprint density at radius 3 is 2.45 bits per heavy atom. The summed E-state index contributed by atoms with van der Waals surface area (Å²) in [5, 5.41) is 10.1. The van der Waals surface area contributed by atoms with Crippen LogP contribution >= 0.6 is 0 Å². The molecule has 0 aliphatic heterocycles. The van der Waals surface area contributed by atoms with Gasteiger partial charge in [-0.2, -0.15) is 0 Å². The molecule has 1 heterocycles. The molecule has 1 rings (SSSR count). The number of nitrogens with one attached hydrogen (secondary N) is 1. The molecule has 0 aromatic carbocycles. The van der Waals surface area contributed by atoms with E-state index in [1.165, 1.54) is 0 Å². The van der Waals surface area contributed by atoms with Gasteiger partial charge in [0.15, 0.2) is 0 Å². The van der Waals surface area contributed by atoms with Crippen LogP contribution in [0.2, 0.25) is 0 Å². The maximum Gasteiger partial charge on any atom is 0.305 e. The zero-order valence-corrected chi connectivity index (χ0v) is 5.39. The first-order valence-electron chi connectivity index (χ1n) is 2.67. The van der Waals surface area contributed by atoms with Gasteiger partial charge in [-0.05, 0) is 0 Å². The molecule has 1 aromatic heterocycles. The molecule has 58 valence electrons. The second kappa shape index (κ2) is 2.88. The van der Waals surface area contributed by atoms with Crippen molar-refractivity contribution in [3.8, 4) is 0 Å². The molecule has 0 radical (unpaired) electrons. The van der Waals surface area contributed by atoms with Gasteiger partial charge in [0, 0.05) is 0 Å². The van der Waals surface area contributed by atoms with Crippen LogP contribution in [0, 0.1) is 10.1 Å². The molecule has 7 nitrogen and oxygen atoms in total. The lowest BCUT2D eigenvalue weighted by molar-refractivity contribution is -0.385. The van der Waals surface area contributed by atoms with Gasteiger partial charge in [-0.25, -0.2) is 15.8 Å². The van der Waals surface area contributed by atoms with E-state index in [-0.39, 0.29) is 11.6 Å². The molecule has 3 N–H and O–H groups in total. The van der Waals surface area contributed by atoms with Crippen LogP contribution in [-0.4, -0.2) is 14.9 Å². The van der Waals surface area contributed by atoms with Crippen LogP contribution in [0.1, 0.15) is 0 Å². The van der Waals surface area contributed by atoms with Crippen molar-refractivity contribution in [1.29, 1.82) is 0 Å². The Hall–Kier alpha value is -1.76. The fraction of sp³-hybridized carbons (Fsp3) is 0. The van der Waals surface area contributed by atoms with E-state index in [1.54, 1.807) is 0 Å². The first-order chi connectivity index (χ1) is 5.24. The smallest absolute Gasteiger partial charge is 0.292 e. The number of hydrogen-bond acceptors (Lipinski definition) is 6. The van der Waals surface area contributed by atoms with Crippen LogP contribution in [0.5, 0.6) is 0 Å².